The summed E-state index contributed by atoms with van der Waals surface area (Å²) in [6.45, 7) is 5.27. The molecule has 2 rings (SSSR count). The number of likely N-dealkylation sites (tertiary alicyclic amines) is 1. The maximum Gasteiger partial charge on any atom is 0.303 e. The van der Waals surface area contributed by atoms with Crippen molar-refractivity contribution in [3.05, 3.63) is 29.8 Å². The quantitative estimate of drug-likeness (QED) is 0.779. The molecule has 0 saturated carbocycles. The minimum Gasteiger partial charge on any atom is -0.481 e. The number of benzene rings is 1. The number of carboxylic acid groups (broad SMARTS) is 1. The Morgan fingerprint density at radius 1 is 1.19 bits per heavy atom. The molecule has 26 heavy (non-hydrogen) atoms. The standard InChI is InChI=1S/C18H26N2O5S/c1-3-20(4-2)26(24,25)16-7-5-6-15(13-16)18(23)19-10-8-14(9-11-19)12-17(21)22/h5-7,13-14H,3-4,8-12H2,1-2H3,(H,21,22). The third-order valence-electron chi connectivity index (χ3n) is 4.79. The molecule has 1 saturated heterocycles. The van der Waals surface area contributed by atoms with Gasteiger partial charge in [0.1, 0.15) is 0 Å². The van der Waals surface area contributed by atoms with Crippen LogP contribution in [0.4, 0.5) is 0 Å². The van der Waals surface area contributed by atoms with Gasteiger partial charge in [0.2, 0.25) is 10.0 Å². The van der Waals surface area contributed by atoms with Gasteiger partial charge in [0.25, 0.3) is 5.91 Å². The summed E-state index contributed by atoms with van der Waals surface area (Å²) in [5.41, 5.74) is 0.343. The summed E-state index contributed by atoms with van der Waals surface area (Å²) in [6.07, 6.45) is 1.42. The summed E-state index contributed by atoms with van der Waals surface area (Å²) in [4.78, 5) is 25.3. The predicted molar refractivity (Wildman–Crippen MR) is 97.4 cm³/mol. The van der Waals surface area contributed by atoms with Crippen molar-refractivity contribution in [2.75, 3.05) is 26.2 Å². The number of piperidine rings is 1. The molecule has 1 N–H and O–H groups in total. The van der Waals surface area contributed by atoms with Crippen LogP contribution in [0.3, 0.4) is 0 Å². The molecule has 8 heteroatoms. The summed E-state index contributed by atoms with van der Waals surface area (Å²) < 4.78 is 26.6. The average molecular weight is 382 g/mol. The van der Waals surface area contributed by atoms with Crippen molar-refractivity contribution < 1.29 is 23.1 Å². The lowest BCUT2D eigenvalue weighted by molar-refractivity contribution is -0.138. The Labute approximate surface area is 154 Å². The number of nitrogens with zero attached hydrogens (tertiary/aromatic N) is 2. The van der Waals surface area contributed by atoms with Crippen LogP contribution in [0.25, 0.3) is 0 Å². The topological polar surface area (TPSA) is 95.0 Å². The first-order valence-electron chi connectivity index (χ1n) is 8.90. The lowest BCUT2D eigenvalue weighted by Gasteiger charge is -2.31. The maximum atomic E-state index is 12.7. The Morgan fingerprint density at radius 3 is 2.35 bits per heavy atom. The van der Waals surface area contributed by atoms with Crippen molar-refractivity contribution in [2.45, 2.75) is 38.0 Å². The second-order valence-electron chi connectivity index (χ2n) is 6.45. The van der Waals surface area contributed by atoms with E-state index in [0.717, 1.165) is 0 Å². The highest BCUT2D eigenvalue weighted by Gasteiger charge is 2.27. The second kappa shape index (κ2) is 8.64. The van der Waals surface area contributed by atoms with Crippen molar-refractivity contribution in [3.63, 3.8) is 0 Å². The predicted octanol–water partition coefficient (Wildman–Crippen LogP) is 2.04. The van der Waals surface area contributed by atoms with Gasteiger partial charge < -0.3 is 10.0 Å². The fraction of sp³-hybridized carbons (Fsp3) is 0.556. The van der Waals surface area contributed by atoms with Crippen molar-refractivity contribution in [1.82, 2.24) is 9.21 Å². The van der Waals surface area contributed by atoms with E-state index in [9.17, 15) is 18.0 Å². The van der Waals surface area contributed by atoms with E-state index in [-0.39, 0.29) is 23.1 Å². The zero-order valence-electron chi connectivity index (χ0n) is 15.2. The van der Waals surface area contributed by atoms with Crippen molar-refractivity contribution in [2.24, 2.45) is 5.92 Å². The van der Waals surface area contributed by atoms with Gasteiger partial charge in [0.15, 0.2) is 0 Å². The molecule has 7 nitrogen and oxygen atoms in total. The van der Waals surface area contributed by atoms with Gasteiger partial charge in [-0.05, 0) is 37.0 Å². The van der Waals surface area contributed by atoms with E-state index in [0.29, 0.717) is 44.6 Å². The molecule has 1 aromatic rings. The molecule has 1 amide bonds. The van der Waals surface area contributed by atoms with Gasteiger partial charge in [0, 0.05) is 38.2 Å². The second-order valence-corrected chi connectivity index (χ2v) is 8.39. The van der Waals surface area contributed by atoms with Crippen LogP contribution >= 0.6 is 0 Å². The number of rotatable bonds is 7. The molecular weight excluding hydrogens is 356 g/mol. The van der Waals surface area contributed by atoms with Crippen LogP contribution in [0.5, 0.6) is 0 Å². The molecule has 1 heterocycles. The van der Waals surface area contributed by atoms with Crippen molar-refractivity contribution in [1.29, 1.82) is 0 Å². The zero-order valence-corrected chi connectivity index (χ0v) is 16.0. The largest absolute Gasteiger partial charge is 0.481 e. The van der Waals surface area contributed by atoms with Crippen molar-refractivity contribution in [3.8, 4) is 0 Å². The van der Waals surface area contributed by atoms with Crippen LogP contribution < -0.4 is 0 Å². The SMILES string of the molecule is CCN(CC)S(=O)(=O)c1cccc(C(=O)N2CCC(CC(=O)O)CC2)c1. The van der Waals surface area contributed by atoms with E-state index in [1.54, 1.807) is 30.9 Å². The average Bonchev–Trinajstić information content (AvgIpc) is 2.62. The fourth-order valence-electron chi connectivity index (χ4n) is 3.27. The minimum absolute atomic E-state index is 0.0888. The van der Waals surface area contributed by atoms with Crippen molar-refractivity contribution >= 4 is 21.9 Å². The fourth-order valence-corrected chi connectivity index (χ4v) is 4.78. The van der Waals surface area contributed by atoms with Crippen LogP contribution in [0.2, 0.25) is 0 Å². The van der Waals surface area contributed by atoms with Crippen LogP contribution in [-0.2, 0) is 14.8 Å². The van der Waals surface area contributed by atoms with Crippen LogP contribution in [-0.4, -0.2) is 60.8 Å². The molecule has 1 fully saturated rings. The Balaban J connectivity index is 2.13. The molecule has 0 aromatic heterocycles. The first kappa shape index (κ1) is 20.4. The van der Waals surface area contributed by atoms with E-state index < -0.39 is 16.0 Å². The Morgan fingerprint density at radius 2 is 1.81 bits per heavy atom. The van der Waals surface area contributed by atoms with E-state index >= 15 is 0 Å². The van der Waals surface area contributed by atoms with E-state index in [4.69, 9.17) is 5.11 Å². The lowest BCUT2D eigenvalue weighted by atomic mass is 9.93. The van der Waals surface area contributed by atoms with Gasteiger partial charge in [0.05, 0.1) is 4.90 Å². The van der Waals surface area contributed by atoms with Crippen LogP contribution in [0.1, 0.15) is 43.5 Å². The molecule has 1 aliphatic heterocycles. The molecular formula is C18H26N2O5S. The highest BCUT2D eigenvalue weighted by molar-refractivity contribution is 7.89. The molecule has 0 atom stereocenters. The van der Waals surface area contributed by atoms with Gasteiger partial charge in [-0.1, -0.05) is 19.9 Å². The molecule has 144 valence electrons. The summed E-state index contributed by atoms with van der Waals surface area (Å²) in [7, 11) is -3.61. The lowest BCUT2D eigenvalue weighted by Crippen LogP contribution is -2.39. The van der Waals surface area contributed by atoms with Gasteiger partial charge in [-0.25, -0.2) is 8.42 Å². The molecule has 0 radical (unpaired) electrons. The number of sulfonamides is 1. The summed E-state index contributed by atoms with van der Waals surface area (Å²) in [6, 6.07) is 6.14. The van der Waals surface area contributed by atoms with Gasteiger partial charge in [-0.2, -0.15) is 4.31 Å². The van der Waals surface area contributed by atoms with Gasteiger partial charge in [-0.3, -0.25) is 9.59 Å². The molecule has 0 unspecified atom stereocenters. The Bertz CT molecular complexity index is 751. The summed E-state index contributed by atoms with van der Waals surface area (Å²) in [5.74, 6) is -0.939. The normalized spacial score (nSPS) is 16.0. The number of carboxylic acids is 1. The number of hydrogen-bond donors (Lipinski definition) is 1. The number of hydrogen-bond acceptors (Lipinski definition) is 4. The Kier molecular flexibility index (Phi) is 6.77. The zero-order chi connectivity index (χ0) is 19.3. The van der Waals surface area contributed by atoms with Crippen LogP contribution in [0, 0.1) is 5.92 Å². The maximum absolute atomic E-state index is 12.7. The molecule has 1 aliphatic rings. The molecule has 1 aromatic carbocycles. The summed E-state index contributed by atoms with van der Waals surface area (Å²) in [5, 5.41) is 8.87. The van der Waals surface area contributed by atoms with E-state index in [2.05, 4.69) is 0 Å². The van der Waals surface area contributed by atoms with Gasteiger partial charge >= 0.3 is 5.97 Å². The molecule has 0 bridgehead atoms. The molecule has 0 spiro atoms. The first-order valence-corrected chi connectivity index (χ1v) is 10.3. The number of carbonyl (C=O) groups excluding carboxylic acids is 1. The highest BCUT2D eigenvalue weighted by atomic mass is 32.2. The summed E-state index contributed by atoms with van der Waals surface area (Å²) >= 11 is 0. The number of amides is 1. The van der Waals surface area contributed by atoms with E-state index in [1.165, 1.54) is 16.4 Å². The minimum atomic E-state index is -3.61. The third kappa shape index (κ3) is 4.62. The van der Waals surface area contributed by atoms with Crippen LogP contribution in [0.15, 0.2) is 29.2 Å². The number of aliphatic carboxylic acids is 1. The number of carbonyl (C=O) groups is 2. The highest BCUT2D eigenvalue weighted by Crippen LogP contribution is 2.23. The molecule has 0 aliphatic carbocycles. The Hall–Kier alpha value is -1.93. The van der Waals surface area contributed by atoms with E-state index in [1.807, 2.05) is 0 Å². The van der Waals surface area contributed by atoms with Gasteiger partial charge in [-0.15, -0.1) is 0 Å². The smallest absolute Gasteiger partial charge is 0.303 e. The first-order chi connectivity index (χ1) is 12.3. The third-order valence-corrected chi connectivity index (χ3v) is 6.84. The monoisotopic (exact) mass is 382 g/mol.